The van der Waals surface area contributed by atoms with Crippen LogP contribution in [0.25, 0.3) is 10.9 Å². The molecule has 1 N–H and O–H groups in total. The van der Waals surface area contributed by atoms with Gasteiger partial charge in [-0.25, -0.2) is 9.97 Å². The maximum atomic E-state index is 10.5. The summed E-state index contributed by atoms with van der Waals surface area (Å²) in [6.45, 7) is 0. The van der Waals surface area contributed by atoms with Crippen LogP contribution >= 0.6 is 11.6 Å². The summed E-state index contributed by atoms with van der Waals surface area (Å²) in [5, 5.41) is 11.9. The van der Waals surface area contributed by atoms with Crippen molar-refractivity contribution >= 4 is 22.5 Å². The summed E-state index contributed by atoms with van der Waals surface area (Å²) in [5.41, 5.74) is 0.798. The van der Waals surface area contributed by atoms with Crippen LogP contribution in [0.1, 0.15) is 31.4 Å². The molecule has 2 aromatic heterocycles. The largest absolute Gasteiger partial charge is 0.384 e. The minimum atomic E-state index is -0.742. The van der Waals surface area contributed by atoms with Crippen molar-refractivity contribution in [3.8, 4) is 0 Å². The molecule has 2 aromatic rings. The molecular weight excluding hydrogens is 236 g/mol. The van der Waals surface area contributed by atoms with E-state index in [4.69, 9.17) is 11.6 Å². The van der Waals surface area contributed by atoms with Crippen LogP contribution in [-0.4, -0.2) is 15.1 Å². The number of aromatic nitrogens is 2. The molecule has 1 aliphatic rings. The zero-order chi connectivity index (χ0) is 11.9. The Balaban J connectivity index is 2.10. The number of fused-ring (bicyclic) bond motifs is 1. The molecule has 3 rings (SSSR count). The highest BCUT2D eigenvalue weighted by Gasteiger charge is 2.34. The lowest BCUT2D eigenvalue weighted by molar-refractivity contribution is 0.0403. The van der Waals surface area contributed by atoms with Crippen molar-refractivity contribution < 1.29 is 5.11 Å². The normalized spacial score (nSPS) is 18.7. The Kier molecular flexibility index (Phi) is 2.53. The summed E-state index contributed by atoms with van der Waals surface area (Å²) in [7, 11) is 0. The van der Waals surface area contributed by atoms with Crippen LogP contribution in [0, 0.1) is 0 Å². The Morgan fingerprint density at radius 2 is 2.00 bits per heavy atom. The van der Waals surface area contributed by atoms with Crippen LogP contribution in [0.3, 0.4) is 0 Å². The Bertz CT molecular complexity index is 564. The highest BCUT2D eigenvalue weighted by Crippen LogP contribution is 2.38. The molecule has 0 atom stereocenters. The standard InChI is InChI=1S/C13H13ClN2O/c14-12-7-9-3-4-11(16-10(9)8-15-12)13(17)5-1-2-6-13/h3-4,7-8,17H,1-2,5-6H2. The van der Waals surface area contributed by atoms with Crippen molar-refractivity contribution in [3.63, 3.8) is 0 Å². The predicted molar refractivity (Wildman–Crippen MR) is 66.9 cm³/mol. The summed E-state index contributed by atoms with van der Waals surface area (Å²) in [4.78, 5) is 8.52. The van der Waals surface area contributed by atoms with Crippen LogP contribution in [0.15, 0.2) is 24.4 Å². The fourth-order valence-electron chi connectivity index (χ4n) is 2.47. The van der Waals surface area contributed by atoms with E-state index in [2.05, 4.69) is 9.97 Å². The van der Waals surface area contributed by atoms with Gasteiger partial charge < -0.3 is 5.11 Å². The SMILES string of the molecule is OC1(c2ccc3cc(Cl)ncc3n2)CCCC1. The zero-order valence-corrected chi connectivity index (χ0v) is 10.1. The second-order valence-electron chi connectivity index (χ2n) is 4.63. The molecule has 0 amide bonds. The van der Waals surface area contributed by atoms with Gasteiger partial charge in [-0.3, -0.25) is 0 Å². The minimum absolute atomic E-state index is 0.464. The first-order valence-electron chi connectivity index (χ1n) is 5.83. The third kappa shape index (κ3) is 1.90. The first-order valence-corrected chi connectivity index (χ1v) is 6.20. The average molecular weight is 249 g/mol. The van der Waals surface area contributed by atoms with Gasteiger partial charge in [0.05, 0.1) is 17.4 Å². The molecule has 0 unspecified atom stereocenters. The Labute approximate surface area is 104 Å². The van der Waals surface area contributed by atoms with Crippen molar-refractivity contribution in [1.29, 1.82) is 0 Å². The smallest absolute Gasteiger partial charge is 0.129 e. The monoisotopic (exact) mass is 248 g/mol. The van der Waals surface area contributed by atoms with Crippen molar-refractivity contribution in [2.24, 2.45) is 0 Å². The molecule has 17 heavy (non-hydrogen) atoms. The molecular formula is C13H13ClN2O. The molecule has 0 radical (unpaired) electrons. The van der Waals surface area contributed by atoms with E-state index in [-0.39, 0.29) is 0 Å². The molecule has 4 heteroatoms. The van der Waals surface area contributed by atoms with Gasteiger partial charge >= 0.3 is 0 Å². The van der Waals surface area contributed by atoms with Crippen LogP contribution < -0.4 is 0 Å². The molecule has 0 bridgehead atoms. The molecule has 0 aromatic carbocycles. The maximum absolute atomic E-state index is 10.5. The number of aliphatic hydroxyl groups is 1. The van der Waals surface area contributed by atoms with Crippen molar-refractivity contribution in [2.75, 3.05) is 0 Å². The third-order valence-electron chi connectivity index (χ3n) is 3.45. The molecule has 1 aliphatic carbocycles. The number of hydrogen-bond donors (Lipinski definition) is 1. The highest BCUT2D eigenvalue weighted by atomic mass is 35.5. The molecule has 88 valence electrons. The number of nitrogens with zero attached hydrogens (tertiary/aromatic N) is 2. The van der Waals surface area contributed by atoms with Crippen LogP contribution in [0.2, 0.25) is 5.15 Å². The van der Waals surface area contributed by atoms with Gasteiger partial charge in [-0.05, 0) is 25.0 Å². The van der Waals surface area contributed by atoms with Gasteiger partial charge in [0, 0.05) is 5.39 Å². The van der Waals surface area contributed by atoms with Gasteiger partial charge in [-0.2, -0.15) is 0 Å². The summed E-state index contributed by atoms with van der Waals surface area (Å²) < 4.78 is 0. The van der Waals surface area contributed by atoms with Gasteiger partial charge in [-0.15, -0.1) is 0 Å². The molecule has 0 aliphatic heterocycles. The fraction of sp³-hybridized carbons (Fsp3) is 0.385. The summed E-state index contributed by atoms with van der Waals surface area (Å²) >= 11 is 5.82. The maximum Gasteiger partial charge on any atom is 0.129 e. The van der Waals surface area contributed by atoms with Gasteiger partial charge in [0.2, 0.25) is 0 Å². The van der Waals surface area contributed by atoms with Crippen molar-refractivity contribution in [3.05, 3.63) is 35.2 Å². The number of rotatable bonds is 1. The Morgan fingerprint density at radius 3 is 2.76 bits per heavy atom. The van der Waals surface area contributed by atoms with E-state index in [0.29, 0.717) is 5.15 Å². The Morgan fingerprint density at radius 1 is 1.24 bits per heavy atom. The second-order valence-corrected chi connectivity index (χ2v) is 5.02. The van der Waals surface area contributed by atoms with Gasteiger partial charge in [0.15, 0.2) is 0 Å². The molecule has 1 fully saturated rings. The summed E-state index contributed by atoms with van der Waals surface area (Å²) in [6, 6.07) is 5.62. The molecule has 0 spiro atoms. The minimum Gasteiger partial charge on any atom is -0.384 e. The van der Waals surface area contributed by atoms with E-state index in [1.807, 2.05) is 12.1 Å². The lowest BCUT2D eigenvalue weighted by atomic mass is 9.97. The lowest BCUT2D eigenvalue weighted by Gasteiger charge is -2.21. The van der Waals surface area contributed by atoms with E-state index in [9.17, 15) is 5.11 Å². The first kappa shape index (κ1) is 10.9. The summed E-state index contributed by atoms with van der Waals surface area (Å²) in [5.74, 6) is 0. The zero-order valence-electron chi connectivity index (χ0n) is 9.36. The summed E-state index contributed by atoms with van der Waals surface area (Å²) in [6.07, 6.45) is 5.38. The van der Waals surface area contributed by atoms with E-state index < -0.39 is 5.60 Å². The van der Waals surface area contributed by atoms with E-state index in [1.54, 1.807) is 12.3 Å². The number of pyridine rings is 2. The van der Waals surface area contributed by atoms with Gasteiger partial charge in [0.1, 0.15) is 10.8 Å². The lowest BCUT2D eigenvalue weighted by Crippen LogP contribution is -2.22. The molecule has 3 nitrogen and oxygen atoms in total. The van der Waals surface area contributed by atoms with Crippen molar-refractivity contribution in [1.82, 2.24) is 9.97 Å². The quantitative estimate of drug-likeness (QED) is 0.789. The van der Waals surface area contributed by atoms with Crippen LogP contribution in [0.4, 0.5) is 0 Å². The highest BCUT2D eigenvalue weighted by molar-refractivity contribution is 6.30. The van der Waals surface area contributed by atoms with Crippen LogP contribution in [-0.2, 0) is 5.60 Å². The Hall–Kier alpha value is -1.19. The third-order valence-corrected chi connectivity index (χ3v) is 3.66. The van der Waals surface area contributed by atoms with E-state index in [0.717, 1.165) is 42.3 Å². The molecule has 0 saturated heterocycles. The van der Waals surface area contributed by atoms with E-state index >= 15 is 0 Å². The predicted octanol–water partition coefficient (Wildman–Crippen LogP) is 3.04. The average Bonchev–Trinajstić information content (AvgIpc) is 2.77. The van der Waals surface area contributed by atoms with Gasteiger partial charge in [-0.1, -0.05) is 30.5 Å². The second kappa shape index (κ2) is 3.93. The number of hydrogen-bond acceptors (Lipinski definition) is 3. The topological polar surface area (TPSA) is 46.0 Å². The fourth-order valence-corrected chi connectivity index (χ4v) is 2.64. The van der Waals surface area contributed by atoms with E-state index in [1.165, 1.54) is 0 Å². The van der Waals surface area contributed by atoms with Gasteiger partial charge in [0.25, 0.3) is 0 Å². The van der Waals surface area contributed by atoms with Crippen molar-refractivity contribution in [2.45, 2.75) is 31.3 Å². The molecule has 2 heterocycles. The van der Waals surface area contributed by atoms with Crippen LogP contribution in [0.5, 0.6) is 0 Å². The molecule has 1 saturated carbocycles. The number of halogens is 1. The first-order chi connectivity index (χ1) is 8.17.